The Morgan fingerprint density at radius 2 is 1.42 bits per heavy atom. The first-order valence-electron chi connectivity index (χ1n) is 18.9. The van der Waals surface area contributed by atoms with Crippen LogP contribution < -0.4 is 15.0 Å². The zero-order chi connectivity index (χ0) is 36.9. The van der Waals surface area contributed by atoms with E-state index in [2.05, 4.69) is 153 Å². The standard InChI is InChI=1S/C47H40BN5O.Pt/c1-29(2)33-15-13-16-34(30(3)4)45(33)52-41-24-22-31(26-37(41)46-50-28-43-47(5,6)38-17-8-9-18-39(38)48(52)53(43)46)54-32-21-23-36-35-14-7-10-19-40(35)51(42(36)27-32)44-20-11-12-25-49-44;/h7-25,28-30H,1-6H3;/q-2;+2. The smallest absolute Gasteiger partial charge is 0.503 e. The SMILES string of the molecule is CC(C)c1cccc(C(C)C)c1N1B2c3ccccc3C(C)(C)c3cnc(n32)-c2[c-]c(Oc3[c-]c4c(cc3)c3ccccc3n4-c3ccccn3)ccc21.[Pt+2]. The fourth-order valence-corrected chi connectivity index (χ4v) is 8.92. The summed E-state index contributed by atoms with van der Waals surface area (Å²) in [6.45, 7) is 13.7. The quantitative estimate of drug-likeness (QED) is 0.123. The molecule has 0 N–H and O–H groups in total. The summed E-state index contributed by atoms with van der Waals surface area (Å²) < 4.78 is 11.3. The van der Waals surface area contributed by atoms with E-state index in [4.69, 9.17) is 14.7 Å². The summed E-state index contributed by atoms with van der Waals surface area (Å²) in [7, 11) is 0. The van der Waals surface area contributed by atoms with E-state index in [1.54, 1.807) is 0 Å². The van der Waals surface area contributed by atoms with Crippen molar-refractivity contribution in [3.8, 4) is 28.7 Å². The van der Waals surface area contributed by atoms with Crippen LogP contribution in [-0.2, 0) is 26.5 Å². The van der Waals surface area contributed by atoms with Crippen molar-refractivity contribution in [3.63, 3.8) is 0 Å². The normalized spacial score (nSPS) is 13.9. The molecule has 2 aliphatic heterocycles. The van der Waals surface area contributed by atoms with Gasteiger partial charge in [-0.15, -0.1) is 23.6 Å². The van der Waals surface area contributed by atoms with Crippen LogP contribution in [0.4, 0.5) is 11.4 Å². The van der Waals surface area contributed by atoms with Crippen LogP contribution in [0.5, 0.6) is 11.5 Å². The van der Waals surface area contributed by atoms with Gasteiger partial charge < -0.3 is 18.6 Å². The molecule has 5 heterocycles. The number of pyridine rings is 1. The Kier molecular flexibility index (Phi) is 8.43. The number of aromatic nitrogens is 4. The van der Waals surface area contributed by atoms with Gasteiger partial charge in [0.05, 0.1) is 0 Å². The molecule has 8 aromatic rings. The van der Waals surface area contributed by atoms with Crippen LogP contribution in [0.15, 0.2) is 122 Å². The van der Waals surface area contributed by atoms with E-state index in [9.17, 15) is 0 Å². The average Bonchev–Trinajstić information content (AvgIpc) is 3.78. The van der Waals surface area contributed by atoms with Crippen molar-refractivity contribution in [3.05, 3.63) is 156 Å². The van der Waals surface area contributed by atoms with E-state index in [0.29, 0.717) is 23.3 Å². The number of ether oxygens (including phenoxy) is 1. The van der Waals surface area contributed by atoms with Crippen LogP contribution in [0.25, 0.3) is 39.0 Å². The molecule has 0 unspecified atom stereocenters. The predicted molar refractivity (Wildman–Crippen MR) is 220 cm³/mol. The maximum atomic E-state index is 6.69. The predicted octanol–water partition coefficient (Wildman–Crippen LogP) is 10.7. The Hall–Kier alpha value is -5.39. The van der Waals surface area contributed by atoms with Crippen molar-refractivity contribution in [1.29, 1.82) is 0 Å². The van der Waals surface area contributed by atoms with E-state index < -0.39 is 0 Å². The summed E-state index contributed by atoms with van der Waals surface area (Å²) in [5.74, 6) is 3.59. The van der Waals surface area contributed by atoms with Gasteiger partial charge in [-0.1, -0.05) is 131 Å². The number of hydrogen-bond donors (Lipinski definition) is 0. The first-order valence-corrected chi connectivity index (χ1v) is 18.9. The molecule has 0 atom stereocenters. The van der Waals surface area contributed by atoms with Crippen molar-refractivity contribution in [2.24, 2.45) is 0 Å². The number of hydrogen-bond acceptors (Lipinski definition) is 4. The first-order chi connectivity index (χ1) is 26.2. The zero-order valence-corrected chi connectivity index (χ0v) is 34.0. The maximum Gasteiger partial charge on any atom is 2.00 e. The van der Waals surface area contributed by atoms with Crippen LogP contribution in [0.1, 0.15) is 75.8 Å². The molecule has 5 aromatic carbocycles. The Bertz CT molecular complexity index is 2740. The summed E-state index contributed by atoms with van der Waals surface area (Å²) in [5.41, 5.74) is 11.4. The van der Waals surface area contributed by atoms with Crippen molar-refractivity contribution in [2.45, 2.75) is 58.8 Å². The fourth-order valence-electron chi connectivity index (χ4n) is 8.92. The van der Waals surface area contributed by atoms with Crippen LogP contribution in [0.2, 0.25) is 0 Å². The number of imidazole rings is 1. The molecule has 55 heavy (non-hydrogen) atoms. The summed E-state index contributed by atoms with van der Waals surface area (Å²) in [5, 5.41) is 2.24. The molecular formula is C47H40BN5OPt. The van der Waals surface area contributed by atoms with Crippen molar-refractivity contribution in [2.75, 3.05) is 4.81 Å². The van der Waals surface area contributed by atoms with Gasteiger partial charge in [0.15, 0.2) is 0 Å². The van der Waals surface area contributed by atoms with Crippen LogP contribution in [0, 0.1) is 12.1 Å². The summed E-state index contributed by atoms with van der Waals surface area (Å²) in [4.78, 5) is 12.4. The number of benzene rings is 5. The average molecular weight is 897 g/mol. The van der Waals surface area contributed by atoms with Gasteiger partial charge in [0.1, 0.15) is 5.82 Å². The molecule has 2 aliphatic rings. The summed E-state index contributed by atoms with van der Waals surface area (Å²) in [6.07, 6.45) is 3.90. The second kappa shape index (κ2) is 13.1. The van der Waals surface area contributed by atoms with E-state index in [-0.39, 0.29) is 33.5 Å². The third-order valence-electron chi connectivity index (χ3n) is 11.5. The van der Waals surface area contributed by atoms with Gasteiger partial charge in [0.25, 0.3) is 0 Å². The van der Waals surface area contributed by atoms with Gasteiger partial charge >= 0.3 is 28.0 Å². The van der Waals surface area contributed by atoms with E-state index in [0.717, 1.165) is 44.7 Å². The van der Waals surface area contributed by atoms with E-state index >= 15 is 0 Å². The van der Waals surface area contributed by atoms with Crippen molar-refractivity contribution in [1.82, 2.24) is 19.0 Å². The number of fused-ring (bicyclic) bond motifs is 7. The second-order valence-electron chi connectivity index (χ2n) is 15.7. The minimum absolute atomic E-state index is 0. The number of nitrogens with zero attached hydrogens (tertiary/aromatic N) is 5. The minimum Gasteiger partial charge on any atom is -0.503 e. The van der Waals surface area contributed by atoms with Gasteiger partial charge in [-0.2, -0.15) is 6.07 Å². The molecule has 3 aromatic heterocycles. The summed E-state index contributed by atoms with van der Waals surface area (Å²) >= 11 is 0. The van der Waals surface area contributed by atoms with Crippen LogP contribution >= 0.6 is 0 Å². The molecule has 0 saturated heterocycles. The number of rotatable bonds is 6. The Morgan fingerprint density at radius 1 is 0.709 bits per heavy atom. The van der Waals surface area contributed by atoms with Gasteiger partial charge in [-0.25, -0.2) is 4.98 Å². The molecule has 0 aliphatic carbocycles. The topological polar surface area (TPSA) is 48.1 Å². The second-order valence-corrected chi connectivity index (χ2v) is 15.7. The van der Waals surface area contributed by atoms with Crippen molar-refractivity contribution >= 4 is 45.6 Å². The number of para-hydroxylation sites is 2. The largest absolute Gasteiger partial charge is 2.00 e. The third kappa shape index (κ3) is 5.27. The fraction of sp³-hybridized carbons (Fsp3) is 0.191. The summed E-state index contributed by atoms with van der Waals surface area (Å²) in [6, 6.07) is 45.8. The molecule has 8 heteroatoms. The molecule has 0 amide bonds. The molecule has 0 bridgehead atoms. The molecule has 0 fully saturated rings. The molecule has 0 radical (unpaired) electrons. The Balaban J connectivity index is 0.00000397. The zero-order valence-electron chi connectivity index (χ0n) is 31.7. The number of anilines is 2. The molecule has 10 rings (SSSR count). The third-order valence-corrected chi connectivity index (χ3v) is 11.5. The Morgan fingerprint density at radius 3 is 2.18 bits per heavy atom. The molecule has 0 saturated carbocycles. The van der Waals surface area contributed by atoms with Crippen molar-refractivity contribution < 1.29 is 25.8 Å². The molecule has 6 nitrogen and oxygen atoms in total. The maximum absolute atomic E-state index is 6.69. The monoisotopic (exact) mass is 896 g/mol. The molecule has 272 valence electrons. The molecular weight excluding hydrogens is 856 g/mol. The first kappa shape index (κ1) is 35.3. The van der Waals surface area contributed by atoms with Gasteiger partial charge in [0.2, 0.25) is 0 Å². The van der Waals surface area contributed by atoms with E-state index in [1.807, 2.05) is 36.5 Å². The van der Waals surface area contributed by atoms with E-state index in [1.165, 1.54) is 33.5 Å². The van der Waals surface area contributed by atoms with Crippen LogP contribution in [0.3, 0.4) is 0 Å². The van der Waals surface area contributed by atoms with Crippen LogP contribution in [-0.4, -0.2) is 26.0 Å². The van der Waals surface area contributed by atoms with Gasteiger partial charge in [-0.3, -0.25) is 4.98 Å². The Labute approximate surface area is 337 Å². The van der Waals surface area contributed by atoms with Gasteiger partial charge in [-0.05, 0) is 63.3 Å². The molecule has 0 spiro atoms. The van der Waals surface area contributed by atoms with Gasteiger partial charge in [0, 0.05) is 52.0 Å². The minimum atomic E-state index is -0.246.